The van der Waals surface area contributed by atoms with E-state index in [0.29, 0.717) is 13.0 Å². The number of sulfone groups is 1. The molecule has 1 atom stereocenters. The number of nitrogens with zero attached hydrogens (tertiary/aromatic N) is 1. The van der Waals surface area contributed by atoms with Gasteiger partial charge in [0.2, 0.25) is 0 Å². The number of rotatable bonds is 7. The third kappa shape index (κ3) is 5.46. The zero-order chi connectivity index (χ0) is 15.3. The Morgan fingerprint density at radius 2 is 2.05 bits per heavy atom. The first-order chi connectivity index (χ1) is 9.23. The summed E-state index contributed by atoms with van der Waals surface area (Å²) in [6.07, 6.45) is 2.59. The van der Waals surface area contributed by atoms with Crippen LogP contribution in [0.3, 0.4) is 0 Å². The van der Waals surface area contributed by atoms with Gasteiger partial charge < -0.3 is 10.6 Å². The number of benzene rings is 1. The van der Waals surface area contributed by atoms with Crippen molar-refractivity contribution in [3.8, 4) is 0 Å². The molecule has 6 heteroatoms. The maximum atomic E-state index is 13.4. The van der Waals surface area contributed by atoms with Gasteiger partial charge in [-0.3, -0.25) is 0 Å². The second-order valence-corrected chi connectivity index (χ2v) is 7.46. The molecule has 114 valence electrons. The van der Waals surface area contributed by atoms with Crippen LogP contribution in [-0.2, 0) is 16.3 Å². The molecular formula is C14H23FN2O2S. The first-order valence-electron chi connectivity index (χ1n) is 6.65. The number of hydrogen-bond acceptors (Lipinski definition) is 4. The van der Waals surface area contributed by atoms with Crippen LogP contribution >= 0.6 is 0 Å². The Bertz CT molecular complexity index is 546. The number of halogens is 1. The molecular weight excluding hydrogens is 279 g/mol. The molecule has 0 radical (unpaired) electrons. The van der Waals surface area contributed by atoms with Gasteiger partial charge in [-0.1, -0.05) is 6.92 Å². The van der Waals surface area contributed by atoms with Crippen LogP contribution in [0.1, 0.15) is 18.9 Å². The van der Waals surface area contributed by atoms with Gasteiger partial charge in [0.1, 0.15) is 15.7 Å². The van der Waals surface area contributed by atoms with E-state index in [1.54, 1.807) is 13.1 Å². The highest BCUT2D eigenvalue weighted by atomic mass is 32.2. The van der Waals surface area contributed by atoms with Crippen molar-refractivity contribution in [1.29, 1.82) is 0 Å². The summed E-state index contributed by atoms with van der Waals surface area (Å²) in [6.45, 7) is 2.36. The van der Waals surface area contributed by atoms with Crippen molar-refractivity contribution in [2.24, 2.45) is 5.73 Å². The summed E-state index contributed by atoms with van der Waals surface area (Å²) in [7, 11) is -1.21. The van der Waals surface area contributed by atoms with Crippen LogP contribution in [0.4, 0.5) is 10.1 Å². The van der Waals surface area contributed by atoms with Gasteiger partial charge in [-0.15, -0.1) is 0 Å². The highest BCUT2D eigenvalue weighted by Crippen LogP contribution is 2.22. The van der Waals surface area contributed by atoms with Crippen molar-refractivity contribution in [3.05, 3.63) is 29.6 Å². The summed E-state index contributed by atoms with van der Waals surface area (Å²) in [5, 5.41) is 0. The summed E-state index contributed by atoms with van der Waals surface area (Å²) >= 11 is 0. The predicted molar refractivity (Wildman–Crippen MR) is 81.4 cm³/mol. The fourth-order valence-electron chi connectivity index (χ4n) is 1.94. The molecule has 1 aromatic carbocycles. The van der Waals surface area contributed by atoms with E-state index in [0.717, 1.165) is 17.7 Å². The molecule has 4 nitrogen and oxygen atoms in total. The van der Waals surface area contributed by atoms with Gasteiger partial charge in [-0.2, -0.15) is 0 Å². The Morgan fingerprint density at radius 3 is 2.60 bits per heavy atom. The molecule has 0 bridgehead atoms. The highest BCUT2D eigenvalue weighted by Gasteiger charge is 2.13. The standard InChI is InChI=1S/C14H23FN2O2S/c1-4-13(16)10-11-9-12(15)5-6-14(11)17(2)7-8-20(3,18)19/h5-6,9,13H,4,7-8,10,16H2,1-3H3. The van der Waals surface area contributed by atoms with Crippen molar-refractivity contribution in [3.63, 3.8) is 0 Å². The average molecular weight is 302 g/mol. The first-order valence-corrected chi connectivity index (χ1v) is 8.72. The van der Waals surface area contributed by atoms with E-state index in [1.165, 1.54) is 18.4 Å². The van der Waals surface area contributed by atoms with Crippen LogP contribution in [0.2, 0.25) is 0 Å². The highest BCUT2D eigenvalue weighted by molar-refractivity contribution is 7.90. The molecule has 0 aliphatic carbocycles. The van der Waals surface area contributed by atoms with E-state index >= 15 is 0 Å². The third-order valence-corrected chi connectivity index (χ3v) is 4.18. The van der Waals surface area contributed by atoms with Crippen LogP contribution in [0, 0.1) is 5.82 Å². The summed E-state index contributed by atoms with van der Waals surface area (Å²) < 4.78 is 35.8. The summed E-state index contributed by atoms with van der Waals surface area (Å²) in [5.74, 6) is -0.233. The van der Waals surface area contributed by atoms with E-state index in [9.17, 15) is 12.8 Å². The van der Waals surface area contributed by atoms with Crippen LogP contribution in [0.25, 0.3) is 0 Å². The largest absolute Gasteiger partial charge is 0.373 e. The molecule has 0 fully saturated rings. The molecule has 20 heavy (non-hydrogen) atoms. The van der Waals surface area contributed by atoms with Crippen LogP contribution in [0.15, 0.2) is 18.2 Å². The average Bonchev–Trinajstić information content (AvgIpc) is 2.35. The van der Waals surface area contributed by atoms with Gasteiger partial charge in [0.25, 0.3) is 0 Å². The van der Waals surface area contributed by atoms with Gasteiger partial charge >= 0.3 is 0 Å². The minimum absolute atomic E-state index is 0.0288. The fourth-order valence-corrected chi connectivity index (χ4v) is 2.55. The van der Waals surface area contributed by atoms with Crippen molar-refractivity contribution in [1.82, 2.24) is 0 Å². The van der Waals surface area contributed by atoms with Crippen molar-refractivity contribution in [2.45, 2.75) is 25.8 Å². The van der Waals surface area contributed by atoms with Crippen molar-refractivity contribution >= 4 is 15.5 Å². The topological polar surface area (TPSA) is 63.4 Å². The summed E-state index contributed by atoms with van der Waals surface area (Å²) in [5.41, 5.74) is 7.58. The summed E-state index contributed by atoms with van der Waals surface area (Å²) in [4.78, 5) is 1.83. The van der Waals surface area contributed by atoms with Gasteiger partial charge in [0.05, 0.1) is 5.75 Å². The lowest BCUT2D eigenvalue weighted by atomic mass is 10.0. The van der Waals surface area contributed by atoms with Crippen molar-refractivity contribution in [2.75, 3.05) is 30.5 Å². The minimum Gasteiger partial charge on any atom is -0.373 e. The molecule has 2 N–H and O–H groups in total. The Hall–Kier alpha value is -1.14. The van der Waals surface area contributed by atoms with E-state index < -0.39 is 9.84 Å². The SMILES string of the molecule is CCC(N)Cc1cc(F)ccc1N(C)CCS(C)(=O)=O. The third-order valence-electron chi connectivity index (χ3n) is 3.26. The lowest BCUT2D eigenvalue weighted by Gasteiger charge is -2.23. The minimum atomic E-state index is -3.02. The predicted octanol–water partition coefficient (Wildman–Crippen LogP) is 1.59. The van der Waals surface area contributed by atoms with E-state index in [-0.39, 0.29) is 17.6 Å². The zero-order valence-electron chi connectivity index (χ0n) is 12.3. The molecule has 0 aliphatic rings. The van der Waals surface area contributed by atoms with E-state index in [1.807, 2.05) is 11.8 Å². The number of hydrogen-bond donors (Lipinski definition) is 1. The second kappa shape index (κ2) is 7.04. The summed E-state index contributed by atoms with van der Waals surface area (Å²) in [6, 6.07) is 4.50. The molecule has 0 aliphatic heterocycles. The van der Waals surface area contributed by atoms with Crippen LogP contribution in [0.5, 0.6) is 0 Å². The van der Waals surface area contributed by atoms with E-state index in [2.05, 4.69) is 0 Å². The monoisotopic (exact) mass is 302 g/mol. The lowest BCUT2D eigenvalue weighted by Crippen LogP contribution is -2.28. The number of anilines is 1. The fraction of sp³-hybridized carbons (Fsp3) is 0.571. The maximum absolute atomic E-state index is 13.4. The molecule has 1 aromatic rings. The Kier molecular flexibility index (Phi) is 5.95. The van der Waals surface area contributed by atoms with Gasteiger partial charge in [-0.25, -0.2) is 12.8 Å². The molecule has 1 rings (SSSR count). The number of nitrogens with two attached hydrogens (primary N) is 1. The molecule has 1 unspecified atom stereocenters. The molecule has 0 heterocycles. The van der Waals surface area contributed by atoms with Gasteiger partial charge in [0, 0.05) is 31.6 Å². The normalized spacial score (nSPS) is 13.2. The lowest BCUT2D eigenvalue weighted by molar-refractivity contribution is 0.600. The molecule has 0 spiro atoms. The Labute approximate surface area is 120 Å². The van der Waals surface area contributed by atoms with Gasteiger partial charge in [-0.05, 0) is 36.6 Å². The second-order valence-electron chi connectivity index (χ2n) is 5.20. The van der Waals surface area contributed by atoms with Crippen molar-refractivity contribution < 1.29 is 12.8 Å². The molecule has 0 saturated carbocycles. The van der Waals surface area contributed by atoms with Gasteiger partial charge in [0.15, 0.2) is 0 Å². The maximum Gasteiger partial charge on any atom is 0.149 e. The Morgan fingerprint density at radius 1 is 1.40 bits per heavy atom. The van der Waals surface area contributed by atoms with Crippen LogP contribution < -0.4 is 10.6 Å². The smallest absolute Gasteiger partial charge is 0.149 e. The molecule has 0 saturated heterocycles. The van der Waals surface area contributed by atoms with E-state index in [4.69, 9.17) is 5.73 Å². The Balaban J connectivity index is 2.92. The van der Waals surface area contributed by atoms with Crippen LogP contribution in [-0.4, -0.2) is 40.1 Å². The first kappa shape index (κ1) is 16.9. The quantitative estimate of drug-likeness (QED) is 0.831. The molecule has 0 aromatic heterocycles. The molecule has 0 amide bonds. The zero-order valence-corrected chi connectivity index (χ0v) is 13.1.